The Morgan fingerprint density at radius 2 is 1.88 bits per heavy atom. The van der Waals surface area contributed by atoms with Crippen LogP contribution in [0.3, 0.4) is 0 Å². The molecule has 4 aromatic rings. The molecular weight excluding hydrogens is 422 g/mol. The van der Waals surface area contributed by atoms with Crippen molar-refractivity contribution in [2.24, 2.45) is 7.05 Å². The van der Waals surface area contributed by atoms with E-state index in [0.717, 1.165) is 27.9 Å². The summed E-state index contributed by atoms with van der Waals surface area (Å²) in [7, 11) is 3.40. The number of fused-ring (bicyclic) bond motifs is 1. The Morgan fingerprint density at radius 3 is 2.61 bits per heavy atom. The van der Waals surface area contributed by atoms with Crippen LogP contribution < -0.4 is 21.9 Å². The molecule has 3 heterocycles. The molecule has 0 saturated carbocycles. The fraction of sp³-hybridized carbons (Fsp3) is 0.304. The van der Waals surface area contributed by atoms with Crippen LogP contribution in [0.5, 0.6) is 0 Å². The quantitative estimate of drug-likeness (QED) is 0.418. The fourth-order valence-electron chi connectivity index (χ4n) is 3.96. The molecule has 0 spiro atoms. The summed E-state index contributed by atoms with van der Waals surface area (Å²) in [5, 5.41) is 5.38. The Bertz CT molecular complexity index is 1390. The van der Waals surface area contributed by atoms with Crippen LogP contribution in [0.25, 0.3) is 11.0 Å². The lowest BCUT2D eigenvalue weighted by molar-refractivity contribution is 0.186. The number of H-pyrrole nitrogens is 1. The number of anilines is 2. The highest BCUT2D eigenvalue weighted by atomic mass is 16.5. The number of nitrogens with one attached hydrogen (secondary N) is 1. The van der Waals surface area contributed by atoms with Crippen LogP contribution in [0.15, 0.2) is 52.2 Å². The summed E-state index contributed by atoms with van der Waals surface area (Å²) >= 11 is 0. The van der Waals surface area contributed by atoms with E-state index in [9.17, 15) is 9.59 Å². The summed E-state index contributed by atoms with van der Waals surface area (Å²) in [6.07, 6.45) is 1.77. The summed E-state index contributed by atoms with van der Waals surface area (Å²) in [5.74, 6) is 0.100. The minimum Gasteiger partial charge on any atom is -0.383 e. The molecule has 0 fully saturated rings. The number of aryl methyl sites for hydroxylation is 2. The van der Waals surface area contributed by atoms with E-state index in [1.165, 1.54) is 4.57 Å². The van der Waals surface area contributed by atoms with Gasteiger partial charge in [-0.25, -0.2) is 9.78 Å². The Hall–Kier alpha value is -3.92. The second-order valence-electron chi connectivity index (χ2n) is 7.90. The van der Waals surface area contributed by atoms with Gasteiger partial charge in [0.1, 0.15) is 11.5 Å². The highest BCUT2D eigenvalue weighted by Crippen LogP contribution is 2.24. The van der Waals surface area contributed by atoms with Gasteiger partial charge in [0.2, 0.25) is 0 Å². The van der Waals surface area contributed by atoms with E-state index in [1.54, 1.807) is 18.0 Å². The van der Waals surface area contributed by atoms with Crippen molar-refractivity contribution in [3.8, 4) is 0 Å². The first-order valence-corrected chi connectivity index (χ1v) is 10.6. The minimum atomic E-state index is -0.563. The number of benzene rings is 1. The van der Waals surface area contributed by atoms with E-state index in [4.69, 9.17) is 10.5 Å². The van der Waals surface area contributed by atoms with Crippen molar-refractivity contribution >= 4 is 22.5 Å². The predicted molar refractivity (Wildman–Crippen MR) is 127 cm³/mol. The van der Waals surface area contributed by atoms with Gasteiger partial charge in [-0.1, -0.05) is 30.3 Å². The lowest BCUT2D eigenvalue weighted by Crippen LogP contribution is -2.38. The number of hydrogen-bond donors (Lipinski definition) is 2. The largest absolute Gasteiger partial charge is 0.383 e. The molecule has 0 unspecified atom stereocenters. The van der Waals surface area contributed by atoms with E-state index in [1.807, 2.05) is 55.3 Å². The van der Waals surface area contributed by atoms with Crippen molar-refractivity contribution < 1.29 is 4.74 Å². The number of aromatic amines is 1. The third-order valence-corrected chi connectivity index (χ3v) is 5.56. The molecule has 0 bridgehead atoms. The Balaban J connectivity index is 1.80. The molecule has 172 valence electrons. The van der Waals surface area contributed by atoms with Gasteiger partial charge in [0, 0.05) is 38.8 Å². The summed E-state index contributed by atoms with van der Waals surface area (Å²) < 4.78 is 8.16. The molecule has 0 aliphatic rings. The number of ether oxygens (including phenoxy) is 1. The standard InChI is InChI=1S/C23H27N7O3/c1-15-18-11-17(12-25-21(18)28(2)27-15)14-29(13-16-7-5-4-6-8-16)19-20(24)30(9-10-33-3)23(32)26-22(19)31/h4-8,11-12H,9-10,13-14,24H2,1-3H3,(H,26,31,32). The Morgan fingerprint density at radius 1 is 1.15 bits per heavy atom. The Labute approximate surface area is 190 Å². The van der Waals surface area contributed by atoms with Crippen molar-refractivity contribution in [3.05, 3.63) is 80.3 Å². The van der Waals surface area contributed by atoms with Crippen molar-refractivity contribution in [3.63, 3.8) is 0 Å². The van der Waals surface area contributed by atoms with Gasteiger partial charge in [-0.2, -0.15) is 5.10 Å². The molecule has 33 heavy (non-hydrogen) atoms. The molecule has 0 radical (unpaired) electrons. The monoisotopic (exact) mass is 449 g/mol. The SMILES string of the molecule is COCCn1c(N)c(N(Cc2ccccc2)Cc2cnc3c(c2)c(C)nn3C)c(=O)[nH]c1=O. The van der Waals surface area contributed by atoms with Crippen molar-refractivity contribution in [1.29, 1.82) is 0 Å². The maximum Gasteiger partial charge on any atom is 0.330 e. The van der Waals surface area contributed by atoms with Crippen LogP contribution >= 0.6 is 0 Å². The third-order valence-electron chi connectivity index (χ3n) is 5.56. The van der Waals surface area contributed by atoms with Crippen LogP contribution in [-0.4, -0.2) is 38.0 Å². The second-order valence-corrected chi connectivity index (χ2v) is 7.90. The van der Waals surface area contributed by atoms with E-state index in [0.29, 0.717) is 13.1 Å². The number of aromatic nitrogens is 5. The average molecular weight is 450 g/mol. The molecule has 0 saturated heterocycles. The predicted octanol–water partition coefficient (Wildman–Crippen LogP) is 1.56. The van der Waals surface area contributed by atoms with Crippen LogP contribution in [0.2, 0.25) is 0 Å². The fourth-order valence-corrected chi connectivity index (χ4v) is 3.96. The van der Waals surface area contributed by atoms with Gasteiger partial charge in [0.05, 0.1) is 18.8 Å². The van der Waals surface area contributed by atoms with Crippen molar-refractivity contribution in [1.82, 2.24) is 24.3 Å². The number of pyridine rings is 1. The third kappa shape index (κ3) is 4.51. The number of nitrogens with two attached hydrogens (primary N) is 1. The molecule has 4 rings (SSSR count). The smallest absolute Gasteiger partial charge is 0.330 e. The highest BCUT2D eigenvalue weighted by Gasteiger charge is 2.20. The lowest BCUT2D eigenvalue weighted by Gasteiger charge is -2.26. The van der Waals surface area contributed by atoms with E-state index in [-0.39, 0.29) is 24.7 Å². The topological polar surface area (TPSA) is 124 Å². The van der Waals surface area contributed by atoms with Crippen LogP contribution in [-0.2, 0) is 31.4 Å². The van der Waals surface area contributed by atoms with Gasteiger partial charge in [-0.3, -0.25) is 19.0 Å². The minimum absolute atomic E-state index is 0.100. The maximum absolute atomic E-state index is 12.9. The van der Waals surface area contributed by atoms with E-state index < -0.39 is 11.2 Å². The number of hydrogen-bond acceptors (Lipinski definition) is 7. The zero-order chi connectivity index (χ0) is 23.5. The summed E-state index contributed by atoms with van der Waals surface area (Å²) in [5.41, 5.74) is 9.06. The zero-order valence-electron chi connectivity index (χ0n) is 18.9. The van der Waals surface area contributed by atoms with Gasteiger partial charge in [0.15, 0.2) is 5.65 Å². The zero-order valence-corrected chi connectivity index (χ0v) is 18.9. The number of rotatable bonds is 8. The number of methoxy groups -OCH3 is 1. The molecule has 10 nitrogen and oxygen atoms in total. The first-order chi connectivity index (χ1) is 15.9. The maximum atomic E-state index is 12.9. The molecular formula is C23H27N7O3. The molecule has 0 atom stereocenters. The molecule has 0 aliphatic heterocycles. The second kappa shape index (κ2) is 9.29. The average Bonchev–Trinajstić information content (AvgIpc) is 3.07. The van der Waals surface area contributed by atoms with Crippen molar-refractivity contribution in [2.75, 3.05) is 24.4 Å². The molecule has 10 heteroatoms. The molecule has 3 N–H and O–H groups in total. The molecule has 0 amide bonds. The van der Waals surface area contributed by atoms with Gasteiger partial charge < -0.3 is 15.4 Å². The number of nitrogens with zero attached hydrogens (tertiary/aromatic N) is 5. The summed E-state index contributed by atoms with van der Waals surface area (Å²) in [6.45, 7) is 3.23. The van der Waals surface area contributed by atoms with Crippen LogP contribution in [0, 0.1) is 6.92 Å². The normalized spacial score (nSPS) is 11.2. The Kier molecular flexibility index (Phi) is 6.27. The molecule has 1 aromatic carbocycles. The van der Waals surface area contributed by atoms with Crippen molar-refractivity contribution in [2.45, 2.75) is 26.6 Å². The van der Waals surface area contributed by atoms with Gasteiger partial charge in [-0.15, -0.1) is 0 Å². The van der Waals surface area contributed by atoms with Crippen LogP contribution in [0.4, 0.5) is 11.5 Å². The molecule has 3 aromatic heterocycles. The van der Waals surface area contributed by atoms with Crippen LogP contribution in [0.1, 0.15) is 16.8 Å². The summed E-state index contributed by atoms with van der Waals surface area (Å²) in [6, 6.07) is 11.8. The first-order valence-electron chi connectivity index (χ1n) is 10.6. The van der Waals surface area contributed by atoms with E-state index >= 15 is 0 Å². The van der Waals surface area contributed by atoms with Gasteiger partial charge in [-0.05, 0) is 24.1 Å². The number of nitrogen functional groups attached to an aromatic ring is 1. The van der Waals surface area contributed by atoms with Gasteiger partial charge in [0.25, 0.3) is 5.56 Å². The highest BCUT2D eigenvalue weighted by molar-refractivity contribution is 5.78. The first kappa shape index (κ1) is 22.3. The van der Waals surface area contributed by atoms with E-state index in [2.05, 4.69) is 15.1 Å². The lowest BCUT2D eigenvalue weighted by atomic mass is 10.1. The summed E-state index contributed by atoms with van der Waals surface area (Å²) in [4.78, 5) is 34.1. The molecule has 0 aliphatic carbocycles. The van der Waals surface area contributed by atoms with Gasteiger partial charge >= 0.3 is 5.69 Å².